The second kappa shape index (κ2) is 7.37. The summed E-state index contributed by atoms with van der Waals surface area (Å²) in [7, 11) is 0. The molecule has 0 saturated heterocycles. The minimum Gasteiger partial charge on any atom is -0.326 e. The normalized spacial score (nSPS) is 14.0. The van der Waals surface area contributed by atoms with Gasteiger partial charge in [0.15, 0.2) is 0 Å². The molecule has 4 heteroatoms. The molecule has 2 aromatic rings. The maximum absolute atomic E-state index is 6.29. The Labute approximate surface area is 134 Å². The molecule has 2 rings (SSSR count). The molecular formula is C16H17Cl2NS. The third kappa shape index (κ3) is 3.92. The number of halogens is 2. The lowest BCUT2D eigenvalue weighted by molar-refractivity contribution is 0.634. The highest BCUT2D eigenvalue weighted by Gasteiger charge is 2.21. The maximum Gasteiger partial charge on any atom is 0.0542 e. The smallest absolute Gasteiger partial charge is 0.0542 e. The van der Waals surface area contributed by atoms with E-state index in [-0.39, 0.29) is 11.3 Å². The summed E-state index contributed by atoms with van der Waals surface area (Å²) in [6.45, 7) is 2.09. The molecule has 106 valence electrons. The molecule has 0 aliphatic heterocycles. The number of hydrogen-bond donors (Lipinski definition) is 1. The first-order valence-electron chi connectivity index (χ1n) is 6.54. The number of nitrogens with two attached hydrogens (primary N) is 1. The molecule has 1 nitrogen and oxygen atoms in total. The first-order valence-corrected chi connectivity index (χ1v) is 8.17. The van der Waals surface area contributed by atoms with Crippen LogP contribution in [0.3, 0.4) is 0 Å². The Bertz CT molecular complexity index is 574. The summed E-state index contributed by atoms with van der Waals surface area (Å²) in [6, 6.07) is 15.8. The van der Waals surface area contributed by atoms with Crippen molar-refractivity contribution < 1.29 is 0 Å². The summed E-state index contributed by atoms with van der Waals surface area (Å²) < 4.78 is 0. The fraction of sp³-hybridized carbons (Fsp3) is 0.250. The lowest BCUT2D eigenvalue weighted by Gasteiger charge is -2.23. The van der Waals surface area contributed by atoms with Crippen LogP contribution in [0.2, 0.25) is 10.0 Å². The highest BCUT2D eigenvalue weighted by Crippen LogP contribution is 2.41. The van der Waals surface area contributed by atoms with Crippen LogP contribution < -0.4 is 5.73 Å². The Morgan fingerprint density at radius 3 is 2.50 bits per heavy atom. The van der Waals surface area contributed by atoms with Gasteiger partial charge in [-0.15, -0.1) is 11.8 Å². The molecule has 0 heterocycles. The maximum atomic E-state index is 6.29. The van der Waals surface area contributed by atoms with E-state index >= 15 is 0 Å². The van der Waals surface area contributed by atoms with Crippen LogP contribution in [0.15, 0.2) is 53.4 Å². The molecule has 20 heavy (non-hydrogen) atoms. The van der Waals surface area contributed by atoms with Gasteiger partial charge in [0.2, 0.25) is 0 Å². The number of benzene rings is 2. The quantitative estimate of drug-likeness (QED) is 0.728. The van der Waals surface area contributed by atoms with E-state index in [9.17, 15) is 0 Å². The average Bonchev–Trinajstić information content (AvgIpc) is 2.45. The molecule has 2 atom stereocenters. The van der Waals surface area contributed by atoms with E-state index in [2.05, 4.69) is 13.0 Å². The van der Waals surface area contributed by atoms with Crippen molar-refractivity contribution in [3.05, 3.63) is 64.1 Å². The summed E-state index contributed by atoms with van der Waals surface area (Å²) in [5.74, 6) is 0. The number of thioether (sulfide) groups is 1. The van der Waals surface area contributed by atoms with Gasteiger partial charge in [-0.3, -0.25) is 0 Å². The predicted octanol–water partition coefficient (Wildman–Crippen LogP) is 5.56. The number of rotatable bonds is 5. The monoisotopic (exact) mass is 325 g/mol. The molecule has 0 fully saturated rings. The van der Waals surface area contributed by atoms with Gasteiger partial charge in [-0.1, -0.05) is 54.4 Å². The lowest BCUT2D eigenvalue weighted by Crippen LogP contribution is -2.25. The van der Waals surface area contributed by atoms with Crippen LogP contribution in [0.5, 0.6) is 0 Å². The summed E-state index contributed by atoms with van der Waals surface area (Å²) in [5.41, 5.74) is 7.43. The molecule has 0 aliphatic rings. The van der Waals surface area contributed by atoms with Crippen molar-refractivity contribution in [2.75, 3.05) is 0 Å². The van der Waals surface area contributed by atoms with Crippen molar-refractivity contribution in [1.29, 1.82) is 0 Å². The number of hydrogen-bond acceptors (Lipinski definition) is 2. The molecule has 0 aliphatic carbocycles. The van der Waals surface area contributed by atoms with Gasteiger partial charge in [0.05, 0.1) is 5.02 Å². The highest BCUT2D eigenvalue weighted by molar-refractivity contribution is 7.99. The summed E-state index contributed by atoms with van der Waals surface area (Å²) >= 11 is 14.0. The van der Waals surface area contributed by atoms with Gasteiger partial charge in [0.25, 0.3) is 0 Å². The largest absolute Gasteiger partial charge is 0.326 e. The molecule has 2 aromatic carbocycles. The first-order chi connectivity index (χ1) is 9.61. The SMILES string of the molecule is CCC(N)C(Sc1ccccc1Cl)c1cccc(Cl)c1. The Morgan fingerprint density at radius 1 is 1.10 bits per heavy atom. The molecule has 0 spiro atoms. The van der Waals surface area contributed by atoms with Crippen molar-refractivity contribution in [2.24, 2.45) is 5.73 Å². The average molecular weight is 326 g/mol. The minimum atomic E-state index is 0.0507. The van der Waals surface area contributed by atoms with Crippen LogP contribution in [-0.2, 0) is 0 Å². The summed E-state index contributed by atoms with van der Waals surface area (Å²) in [4.78, 5) is 1.04. The second-order valence-corrected chi connectivity index (χ2v) is 6.62. The van der Waals surface area contributed by atoms with Crippen LogP contribution in [-0.4, -0.2) is 6.04 Å². The van der Waals surface area contributed by atoms with Crippen LogP contribution in [0.25, 0.3) is 0 Å². The van der Waals surface area contributed by atoms with Gasteiger partial charge in [-0.25, -0.2) is 0 Å². The van der Waals surface area contributed by atoms with Crippen LogP contribution >= 0.6 is 35.0 Å². The standard InChI is InChI=1S/C16H17Cl2NS/c1-2-14(19)16(11-6-5-7-12(17)10-11)20-15-9-4-3-8-13(15)18/h3-10,14,16H,2,19H2,1H3. The van der Waals surface area contributed by atoms with E-state index in [0.717, 1.165) is 26.9 Å². The zero-order chi connectivity index (χ0) is 14.5. The van der Waals surface area contributed by atoms with E-state index in [1.807, 2.05) is 42.5 Å². The topological polar surface area (TPSA) is 26.0 Å². The Hall–Kier alpha value is -0.670. The molecule has 0 saturated carbocycles. The highest BCUT2D eigenvalue weighted by atomic mass is 35.5. The van der Waals surface area contributed by atoms with Crippen molar-refractivity contribution in [3.8, 4) is 0 Å². The molecule has 0 radical (unpaired) electrons. The first kappa shape index (κ1) is 15.7. The molecular weight excluding hydrogens is 309 g/mol. The minimum absolute atomic E-state index is 0.0507. The van der Waals surface area contributed by atoms with Gasteiger partial charge >= 0.3 is 0 Å². The zero-order valence-corrected chi connectivity index (χ0v) is 13.6. The van der Waals surface area contributed by atoms with Crippen LogP contribution in [0.4, 0.5) is 0 Å². The Kier molecular flexibility index (Phi) is 5.79. The van der Waals surface area contributed by atoms with Gasteiger partial charge in [-0.05, 0) is 36.2 Å². The van der Waals surface area contributed by atoms with E-state index < -0.39 is 0 Å². The predicted molar refractivity (Wildman–Crippen MR) is 89.8 cm³/mol. The summed E-state index contributed by atoms with van der Waals surface area (Å²) in [6.07, 6.45) is 0.897. The fourth-order valence-corrected chi connectivity index (χ4v) is 3.71. The lowest BCUT2D eigenvalue weighted by atomic mass is 10.0. The molecule has 0 bridgehead atoms. The van der Waals surface area contributed by atoms with Gasteiger partial charge in [0, 0.05) is 21.2 Å². The van der Waals surface area contributed by atoms with Crippen molar-refractivity contribution in [2.45, 2.75) is 29.5 Å². The molecule has 2 N–H and O–H groups in total. The van der Waals surface area contributed by atoms with E-state index in [1.54, 1.807) is 11.8 Å². The Balaban J connectivity index is 2.31. The zero-order valence-electron chi connectivity index (χ0n) is 11.2. The molecule has 0 aromatic heterocycles. The van der Waals surface area contributed by atoms with Gasteiger partial charge in [-0.2, -0.15) is 0 Å². The van der Waals surface area contributed by atoms with Crippen molar-refractivity contribution in [1.82, 2.24) is 0 Å². The van der Waals surface area contributed by atoms with E-state index in [1.165, 1.54) is 0 Å². The third-order valence-electron chi connectivity index (χ3n) is 3.13. The van der Waals surface area contributed by atoms with Crippen LogP contribution in [0.1, 0.15) is 24.2 Å². The van der Waals surface area contributed by atoms with Gasteiger partial charge in [0.1, 0.15) is 0 Å². The third-order valence-corrected chi connectivity index (χ3v) is 5.29. The second-order valence-electron chi connectivity index (χ2n) is 4.60. The van der Waals surface area contributed by atoms with Crippen LogP contribution in [0, 0.1) is 0 Å². The molecule has 0 amide bonds. The van der Waals surface area contributed by atoms with Crippen molar-refractivity contribution in [3.63, 3.8) is 0 Å². The molecule has 2 unspecified atom stereocenters. The van der Waals surface area contributed by atoms with E-state index in [0.29, 0.717) is 0 Å². The van der Waals surface area contributed by atoms with E-state index in [4.69, 9.17) is 28.9 Å². The van der Waals surface area contributed by atoms with Crippen molar-refractivity contribution >= 4 is 35.0 Å². The van der Waals surface area contributed by atoms with Gasteiger partial charge < -0.3 is 5.73 Å². The Morgan fingerprint density at radius 2 is 1.85 bits per heavy atom. The fourth-order valence-electron chi connectivity index (χ4n) is 1.98. The summed E-state index contributed by atoms with van der Waals surface area (Å²) in [5, 5.41) is 1.63.